The van der Waals surface area contributed by atoms with Crippen LogP contribution >= 0.6 is 0 Å². The van der Waals surface area contributed by atoms with E-state index in [0.29, 0.717) is 37.9 Å². The predicted octanol–water partition coefficient (Wildman–Crippen LogP) is 0.750. The average Bonchev–Trinajstić information content (AvgIpc) is 3.34. The highest BCUT2D eigenvalue weighted by atomic mass is 16.5. The van der Waals surface area contributed by atoms with Gasteiger partial charge in [-0.15, -0.1) is 0 Å². The molecule has 26 heavy (non-hydrogen) atoms. The topological polar surface area (TPSA) is 70.8 Å². The van der Waals surface area contributed by atoms with E-state index in [1.165, 1.54) is 5.69 Å². The highest BCUT2D eigenvalue weighted by molar-refractivity contribution is 5.93. The van der Waals surface area contributed by atoms with Crippen LogP contribution in [0, 0.1) is 0 Å². The molecule has 0 spiro atoms. The number of aryl methyl sites for hydroxylation is 1. The minimum absolute atomic E-state index is 0.0304. The summed E-state index contributed by atoms with van der Waals surface area (Å²) in [7, 11) is 5.59. The Morgan fingerprint density at radius 3 is 2.92 bits per heavy atom. The molecule has 2 aliphatic rings. The Balaban J connectivity index is 1.51. The summed E-state index contributed by atoms with van der Waals surface area (Å²) < 4.78 is 20.8. The number of rotatable bonds is 4. The minimum atomic E-state index is -0.216. The van der Waals surface area contributed by atoms with Crippen molar-refractivity contribution in [1.29, 1.82) is 0 Å². The van der Waals surface area contributed by atoms with Gasteiger partial charge in [0.15, 0.2) is 5.75 Å². The van der Waals surface area contributed by atoms with E-state index in [1.54, 1.807) is 15.8 Å². The summed E-state index contributed by atoms with van der Waals surface area (Å²) in [5, 5.41) is 4.12. The molecule has 0 aromatic carbocycles. The van der Waals surface area contributed by atoms with Crippen LogP contribution in [-0.4, -0.2) is 64.2 Å². The van der Waals surface area contributed by atoms with Gasteiger partial charge in [-0.3, -0.25) is 9.48 Å². The van der Waals surface area contributed by atoms with Gasteiger partial charge < -0.3 is 23.7 Å². The summed E-state index contributed by atoms with van der Waals surface area (Å²) in [5.41, 5.74) is 2.95. The van der Waals surface area contributed by atoms with Crippen LogP contribution in [0.1, 0.15) is 21.7 Å². The molecule has 140 valence electrons. The highest BCUT2D eigenvalue weighted by Gasteiger charge is 2.37. The van der Waals surface area contributed by atoms with Crippen LogP contribution in [0.25, 0.3) is 0 Å². The molecule has 4 heterocycles. The Kier molecular flexibility index (Phi) is 4.46. The molecule has 1 amide bonds. The smallest absolute Gasteiger partial charge is 0.270 e. The maximum Gasteiger partial charge on any atom is 0.270 e. The van der Waals surface area contributed by atoms with Gasteiger partial charge in [0.25, 0.3) is 5.91 Å². The zero-order chi connectivity index (χ0) is 18.3. The van der Waals surface area contributed by atoms with Crippen molar-refractivity contribution in [3.63, 3.8) is 0 Å². The van der Waals surface area contributed by atoms with Crippen molar-refractivity contribution in [2.75, 3.05) is 26.9 Å². The molecule has 0 unspecified atom stereocenters. The van der Waals surface area contributed by atoms with Crippen molar-refractivity contribution in [3.05, 3.63) is 35.4 Å². The molecule has 8 heteroatoms. The van der Waals surface area contributed by atoms with Gasteiger partial charge in [-0.1, -0.05) is 0 Å². The van der Waals surface area contributed by atoms with Gasteiger partial charge in [0.1, 0.15) is 11.8 Å². The lowest BCUT2D eigenvalue weighted by atomic mass is 10.1. The molecule has 0 N–H and O–H groups in total. The van der Waals surface area contributed by atoms with Crippen molar-refractivity contribution in [2.24, 2.45) is 14.1 Å². The Morgan fingerprint density at radius 2 is 2.19 bits per heavy atom. The lowest BCUT2D eigenvalue weighted by Crippen LogP contribution is -2.46. The monoisotopic (exact) mass is 360 g/mol. The Morgan fingerprint density at radius 1 is 1.35 bits per heavy atom. The SMILES string of the molecule is CN(C(=O)c1cc2c(n1C)CCOC2)[C@@H]1COC[C@@H]1Oc1cnn(C)c1. The van der Waals surface area contributed by atoms with Crippen molar-refractivity contribution in [1.82, 2.24) is 19.2 Å². The third-order valence-corrected chi connectivity index (χ3v) is 5.19. The number of nitrogens with zero attached hydrogens (tertiary/aromatic N) is 4. The predicted molar refractivity (Wildman–Crippen MR) is 93.1 cm³/mol. The number of amides is 1. The van der Waals surface area contributed by atoms with Crippen LogP contribution in [0.3, 0.4) is 0 Å². The summed E-state index contributed by atoms with van der Waals surface area (Å²) in [6, 6.07) is 1.80. The first-order chi connectivity index (χ1) is 12.5. The summed E-state index contributed by atoms with van der Waals surface area (Å²) >= 11 is 0. The first-order valence-corrected chi connectivity index (χ1v) is 8.80. The van der Waals surface area contributed by atoms with Crippen molar-refractivity contribution < 1.29 is 19.0 Å². The number of likely N-dealkylation sites (N-methyl/N-ethyl adjacent to an activating group) is 1. The fourth-order valence-electron chi connectivity index (χ4n) is 3.68. The fraction of sp³-hybridized carbons (Fsp3) is 0.556. The second kappa shape index (κ2) is 6.77. The summed E-state index contributed by atoms with van der Waals surface area (Å²) in [6.45, 7) is 2.18. The van der Waals surface area contributed by atoms with Crippen LogP contribution in [0.4, 0.5) is 0 Å². The van der Waals surface area contributed by atoms with Crippen molar-refractivity contribution in [2.45, 2.75) is 25.2 Å². The van der Waals surface area contributed by atoms with E-state index in [4.69, 9.17) is 14.2 Å². The number of hydrogen-bond donors (Lipinski definition) is 0. The largest absolute Gasteiger partial charge is 0.482 e. The second-order valence-electron chi connectivity index (χ2n) is 6.89. The molecule has 2 aromatic rings. The summed E-state index contributed by atoms with van der Waals surface area (Å²) in [5.74, 6) is 0.650. The number of hydrogen-bond acceptors (Lipinski definition) is 5. The molecule has 2 aliphatic heterocycles. The second-order valence-corrected chi connectivity index (χ2v) is 6.89. The molecule has 0 saturated carbocycles. The molecule has 2 aromatic heterocycles. The van der Waals surface area contributed by atoms with Crippen LogP contribution in [-0.2, 0) is 36.6 Å². The van der Waals surface area contributed by atoms with Crippen LogP contribution in [0.15, 0.2) is 18.5 Å². The van der Waals surface area contributed by atoms with Gasteiger partial charge in [-0.25, -0.2) is 0 Å². The maximum atomic E-state index is 13.1. The maximum absolute atomic E-state index is 13.1. The first-order valence-electron chi connectivity index (χ1n) is 8.80. The van der Waals surface area contributed by atoms with Gasteiger partial charge in [0.2, 0.25) is 0 Å². The number of aromatic nitrogens is 3. The Hall–Kier alpha value is -2.32. The molecule has 0 aliphatic carbocycles. The molecular formula is C18H24N4O4. The number of fused-ring (bicyclic) bond motifs is 1. The Bertz CT molecular complexity index is 812. The normalized spacial score (nSPS) is 22.3. The Labute approximate surface area is 152 Å². The molecule has 0 radical (unpaired) electrons. The van der Waals surface area contributed by atoms with E-state index < -0.39 is 0 Å². The molecule has 1 saturated heterocycles. The van der Waals surface area contributed by atoms with Crippen molar-refractivity contribution >= 4 is 5.91 Å². The average molecular weight is 360 g/mol. The van der Waals surface area contributed by atoms with Gasteiger partial charge in [-0.2, -0.15) is 5.10 Å². The van der Waals surface area contributed by atoms with Crippen LogP contribution < -0.4 is 4.74 Å². The lowest BCUT2D eigenvalue weighted by Gasteiger charge is -2.28. The highest BCUT2D eigenvalue weighted by Crippen LogP contribution is 2.24. The van der Waals surface area contributed by atoms with Gasteiger partial charge >= 0.3 is 0 Å². The van der Waals surface area contributed by atoms with Gasteiger partial charge in [0, 0.05) is 33.3 Å². The quantitative estimate of drug-likeness (QED) is 0.805. The molecule has 2 atom stereocenters. The van der Waals surface area contributed by atoms with E-state index in [1.807, 2.05) is 38.0 Å². The van der Waals surface area contributed by atoms with E-state index in [2.05, 4.69) is 5.10 Å². The third kappa shape index (κ3) is 2.99. The summed E-state index contributed by atoms with van der Waals surface area (Å²) in [6.07, 6.45) is 4.10. The minimum Gasteiger partial charge on any atom is -0.482 e. The zero-order valence-corrected chi connectivity index (χ0v) is 15.3. The lowest BCUT2D eigenvalue weighted by molar-refractivity contribution is 0.0611. The molecule has 8 nitrogen and oxygen atoms in total. The molecule has 4 rings (SSSR count). The standard InChI is InChI=1S/C18H24N4O4/c1-20-8-13(7-19-20)26-17-11-25-10-16(17)22(3)18(23)15-6-12-9-24-5-4-14(12)21(15)2/h6-8,16-17H,4-5,9-11H2,1-3H3/t16-,17+/m1/s1. The third-order valence-electron chi connectivity index (χ3n) is 5.19. The van der Waals surface area contributed by atoms with E-state index >= 15 is 0 Å². The van der Waals surface area contributed by atoms with E-state index in [0.717, 1.165) is 12.0 Å². The van der Waals surface area contributed by atoms with E-state index in [-0.39, 0.29) is 18.1 Å². The van der Waals surface area contributed by atoms with Crippen LogP contribution in [0.2, 0.25) is 0 Å². The van der Waals surface area contributed by atoms with Gasteiger partial charge in [-0.05, 0) is 11.6 Å². The van der Waals surface area contributed by atoms with Crippen LogP contribution in [0.5, 0.6) is 5.75 Å². The fourth-order valence-corrected chi connectivity index (χ4v) is 3.68. The molecular weight excluding hydrogens is 336 g/mol. The zero-order valence-electron chi connectivity index (χ0n) is 15.3. The summed E-state index contributed by atoms with van der Waals surface area (Å²) in [4.78, 5) is 14.8. The van der Waals surface area contributed by atoms with E-state index in [9.17, 15) is 4.79 Å². The number of carbonyl (C=O) groups excluding carboxylic acids is 1. The number of carbonyl (C=O) groups is 1. The van der Waals surface area contributed by atoms with Gasteiger partial charge in [0.05, 0.1) is 44.9 Å². The first kappa shape index (κ1) is 17.1. The van der Waals surface area contributed by atoms with Crippen molar-refractivity contribution in [3.8, 4) is 5.75 Å². The molecule has 1 fully saturated rings. The molecule has 0 bridgehead atoms. The number of ether oxygens (including phenoxy) is 3.